The van der Waals surface area contributed by atoms with Gasteiger partial charge in [0, 0.05) is 12.7 Å². The molecule has 0 aliphatic carbocycles. The lowest BCUT2D eigenvalue weighted by atomic mass is 10.0. The first-order valence-corrected chi connectivity index (χ1v) is 8.27. The SMILES string of the molecule is Cc1nc2c(c(C)c1CC(=O)N[C@H](C)c1ccccc1)c(=O)[nH]n2C. The Kier molecular flexibility index (Phi) is 4.44. The van der Waals surface area contributed by atoms with Gasteiger partial charge in [-0.05, 0) is 37.5 Å². The lowest BCUT2D eigenvalue weighted by molar-refractivity contribution is -0.121. The van der Waals surface area contributed by atoms with Crippen molar-refractivity contribution >= 4 is 16.9 Å². The standard InChI is InChI=1S/C19H22N4O2/c1-11-15(13(3)21-18-17(11)19(25)22-23(18)4)10-16(24)20-12(2)14-8-6-5-7-9-14/h5-9,12H,10H2,1-4H3,(H,20,24)(H,22,25)/t12-/m1/s1. The third-order valence-corrected chi connectivity index (χ3v) is 4.59. The minimum absolute atomic E-state index is 0.0777. The highest BCUT2D eigenvalue weighted by molar-refractivity contribution is 5.84. The molecule has 0 spiro atoms. The Hall–Kier alpha value is -2.89. The van der Waals surface area contributed by atoms with Crippen LogP contribution in [0.25, 0.3) is 11.0 Å². The summed E-state index contributed by atoms with van der Waals surface area (Å²) < 4.78 is 1.61. The number of amides is 1. The molecular formula is C19H22N4O2. The van der Waals surface area contributed by atoms with Gasteiger partial charge >= 0.3 is 0 Å². The summed E-state index contributed by atoms with van der Waals surface area (Å²) in [6, 6.07) is 9.74. The van der Waals surface area contributed by atoms with E-state index in [-0.39, 0.29) is 23.9 Å². The van der Waals surface area contributed by atoms with E-state index in [0.29, 0.717) is 11.0 Å². The molecule has 0 aliphatic rings. The fourth-order valence-corrected chi connectivity index (χ4v) is 3.19. The van der Waals surface area contributed by atoms with E-state index in [1.54, 1.807) is 11.7 Å². The van der Waals surface area contributed by atoms with Crippen molar-refractivity contribution in [3.63, 3.8) is 0 Å². The number of H-pyrrole nitrogens is 1. The van der Waals surface area contributed by atoms with Gasteiger partial charge in [-0.25, -0.2) is 4.98 Å². The summed E-state index contributed by atoms with van der Waals surface area (Å²) in [5.41, 5.74) is 3.87. The molecule has 0 saturated heterocycles. The molecule has 0 unspecified atom stereocenters. The molecule has 1 amide bonds. The third-order valence-electron chi connectivity index (χ3n) is 4.59. The number of hydrogen-bond donors (Lipinski definition) is 2. The second-order valence-corrected chi connectivity index (χ2v) is 6.38. The molecule has 6 nitrogen and oxygen atoms in total. The van der Waals surface area contributed by atoms with Crippen molar-refractivity contribution < 1.29 is 4.79 Å². The van der Waals surface area contributed by atoms with Crippen molar-refractivity contribution in [2.45, 2.75) is 33.2 Å². The number of fused-ring (bicyclic) bond motifs is 1. The largest absolute Gasteiger partial charge is 0.349 e. The van der Waals surface area contributed by atoms with Crippen LogP contribution in [0.15, 0.2) is 35.1 Å². The molecule has 25 heavy (non-hydrogen) atoms. The van der Waals surface area contributed by atoms with Crippen LogP contribution in [0.5, 0.6) is 0 Å². The Morgan fingerprint density at radius 1 is 1.28 bits per heavy atom. The van der Waals surface area contributed by atoms with Crippen LogP contribution in [-0.4, -0.2) is 20.7 Å². The second kappa shape index (κ2) is 6.55. The predicted molar refractivity (Wildman–Crippen MR) is 97.5 cm³/mol. The molecule has 0 aliphatic heterocycles. The number of aryl methyl sites for hydroxylation is 3. The molecular weight excluding hydrogens is 316 g/mol. The van der Waals surface area contributed by atoms with Crippen LogP contribution >= 0.6 is 0 Å². The highest BCUT2D eigenvalue weighted by Crippen LogP contribution is 2.20. The first-order chi connectivity index (χ1) is 11.9. The minimum atomic E-state index is -0.179. The van der Waals surface area contributed by atoms with Crippen LogP contribution in [0.1, 0.15) is 35.3 Å². The second-order valence-electron chi connectivity index (χ2n) is 6.38. The van der Waals surface area contributed by atoms with Gasteiger partial charge in [0.15, 0.2) is 5.65 Å². The van der Waals surface area contributed by atoms with Crippen molar-refractivity contribution in [1.29, 1.82) is 0 Å². The van der Waals surface area contributed by atoms with Gasteiger partial charge in [0.05, 0.1) is 17.8 Å². The van der Waals surface area contributed by atoms with Gasteiger partial charge in [-0.15, -0.1) is 0 Å². The molecule has 2 heterocycles. The summed E-state index contributed by atoms with van der Waals surface area (Å²) in [6.45, 7) is 5.69. The maximum Gasteiger partial charge on any atom is 0.273 e. The van der Waals surface area contributed by atoms with Crippen LogP contribution < -0.4 is 10.9 Å². The Morgan fingerprint density at radius 3 is 2.64 bits per heavy atom. The Morgan fingerprint density at radius 2 is 1.96 bits per heavy atom. The molecule has 6 heteroatoms. The molecule has 2 aromatic heterocycles. The topological polar surface area (TPSA) is 79.8 Å². The fourth-order valence-electron chi connectivity index (χ4n) is 3.19. The molecule has 130 valence electrons. The van der Waals surface area contributed by atoms with E-state index in [1.165, 1.54) is 0 Å². The third kappa shape index (κ3) is 3.20. The van der Waals surface area contributed by atoms with E-state index in [2.05, 4.69) is 15.4 Å². The smallest absolute Gasteiger partial charge is 0.273 e. The minimum Gasteiger partial charge on any atom is -0.349 e. The van der Waals surface area contributed by atoms with Gasteiger partial charge in [-0.2, -0.15) is 0 Å². The van der Waals surface area contributed by atoms with Gasteiger partial charge in [-0.1, -0.05) is 30.3 Å². The van der Waals surface area contributed by atoms with E-state index in [4.69, 9.17) is 0 Å². The van der Waals surface area contributed by atoms with E-state index in [0.717, 1.165) is 22.4 Å². The predicted octanol–water partition coefficient (Wildman–Crippen LogP) is 2.30. The first-order valence-electron chi connectivity index (χ1n) is 8.27. The Labute approximate surface area is 145 Å². The van der Waals surface area contributed by atoms with Crippen LogP contribution in [0, 0.1) is 13.8 Å². The fraction of sp³-hybridized carbons (Fsp3) is 0.316. The number of nitrogens with zero attached hydrogens (tertiary/aromatic N) is 2. The average molecular weight is 338 g/mol. The summed E-state index contributed by atoms with van der Waals surface area (Å²) in [5, 5.41) is 6.27. The molecule has 0 radical (unpaired) electrons. The van der Waals surface area contributed by atoms with Gasteiger partial charge in [0.25, 0.3) is 5.56 Å². The number of pyridine rings is 1. The van der Waals surface area contributed by atoms with Gasteiger partial charge < -0.3 is 5.32 Å². The number of carbonyl (C=O) groups is 1. The highest BCUT2D eigenvalue weighted by atomic mass is 16.1. The van der Waals surface area contributed by atoms with Gasteiger partial charge in [0.2, 0.25) is 5.91 Å². The summed E-state index contributed by atoms with van der Waals surface area (Å²) in [5.74, 6) is -0.0870. The number of aromatic nitrogens is 3. The molecule has 0 bridgehead atoms. The van der Waals surface area contributed by atoms with Crippen molar-refractivity contribution in [3.8, 4) is 0 Å². The lowest BCUT2D eigenvalue weighted by Crippen LogP contribution is -2.28. The Balaban J connectivity index is 1.86. The zero-order valence-corrected chi connectivity index (χ0v) is 14.9. The number of benzene rings is 1. The molecule has 1 aromatic carbocycles. The number of nitrogens with one attached hydrogen (secondary N) is 2. The highest BCUT2D eigenvalue weighted by Gasteiger charge is 2.18. The van der Waals surface area contributed by atoms with Crippen LogP contribution in [0.3, 0.4) is 0 Å². The average Bonchev–Trinajstić information content (AvgIpc) is 2.86. The van der Waals surface area contributed by atoms with Gasteiger partial charge in [0.1, 0.15) is 0 Å². The van der Waals surface area contributed by atoms with E-state index < -0.39 is 0 Å². The van der Waals surface area contributed by atoms with Crippen LogP contribution in [0.4, 0.5) is 0 Å². The van der Waals surface area contributed by atoms with E-state index in [9.17, 15) is 9.59 Å². The maximum atomic E-state index is 12.5. The van der Waals surface area contributed by atoms with Crippen LogP contribution in [0.2, 0.25) is 0 Å². The van der Waals surface area contributed by atoms with Crippen molar-refractivity contribution in [1.82, 2.24) is 20.1 Å². The molecule has 2 N–H and O–H groups in total. The number of aromatic amines is 1. The molecule has 1 atom stereocenters. The number of hydrogen-bond acceptors (Lipinski definition) is 3. The molecule has 3 rings (SSSR count). The summed E-state index contributed by atoms with van der Waals surface area (Å²) in [7, 11) is 1.75. The van der Waals surface area contributed by atoms with Crippen molar-refractivity contribution in [2.24, 2.45) is 7.05 Å². The van der Waals surface area contributed by atoms with E-state index in [1.807, 2.05) is 51.1 Å². The summed E-state index contributed by atoms with van der Waals surface area (Å²) in [4.78, 5) is 29.1. The van der Waals surface area contributed by atoms with Crippen molar-refractivity contribution in [3.05, 3.63) is 63.1 Å². The summed E-state index contributed by atoms with van der Waals surface area (Å²) >= 11 is 0. The van der Waals surface area contributed by atoms with Gasteiger partial charge in [-0.3, -0.25) is 19.4 Å². The molecule has 3 aromatic rings. The van der Waals surface area contributed by atoms with Crippen molar-refractivity contribution in [2.75, 3.05) is 0 Å². The zero-order chi connectivity index (χ0) is 18.1. The summed E-state index contributed by atoms with van der Waals surface area (Å²) in [6.07, 6.45) is 0.201. The quantitative estimate of drug-likeness (QED) is 0.766. The number of rotatable bonds is 4. The first kappa shape index (κ1) is 17.0. The molecule has 0 saturated carbocycles. The Bertz CT molecular complexity index is 986. The monoisotopic (exact) mass is 338 g/mol. The van der Waals surface area contributed by atoms with E-state index >= 15 is 0 Å². The number of carbonyl (C=O) groups excluding carboxylic acids is 1. The van der Waals surface area contributed by atoms with Crippen LogP contribution in [-0.2, 0) is 18.3 Å². The molecule has 0 fully saturated rings. The maximum absolute atomic E-state index is 12.5. The zero-order valence-electron chi connectivity index (χ0n) is 14.9. The normalized spacial score (nSPS) is 12.3. The lowest BCUT2D eigenvalue weighted by Gasteiger charge is -2.16.